The van der Waals surface area contributed by atoms with Crippen molar-refractivity contribution in [2.75, 3.05) is 11.9 Å². The van der Waals surface area contributed by atoms with Gasteiger partial charge in [0.15, 0.2) is 0 Å². The number of hydrogen-bond acceptors (Lipinski definition) is 2. The molecule has 0 atom stereocenters. The van der Waals surface area contributed by atoms with Crippen molar-refractivity contribution in [1.29, 1.82) is 0 Å². The van der Waals surface area contributed by atoms with Gasteiger partial charge in [0.05, 0.1) is 0 Å². The Morgan fingerprint density at radius 3 is 2.35 bits per heavy atom. The average Bonchev–Trinajstić information content (AvgIpc) is 2.18. The summed E-state index contributed by atoms with van der Waals surface area (Å²) in [5.74, 6) is -0.219. The number of alkyl halides is 3. The number of anilines is 1. The zero-order valence-corrected chi connectivity index (χ0v) is 9.47. The van der Waals surface area contributed by atoms with Gasteiger partial charge in [0.2, 0.25) is 0 Å². The van der Waals surface area contributed by atoms with Gasteiger partial charge in [-0.3, -0.25) is 0 Å². The summed E-state index contributed by atoms with van der Waals surface area (Å²) in [6.07, 6.45) is -3.82. The highest BCUT2D eigenvalue weighted by atomic mass is 19.4. The van der Waals surface area contributed by atoms with Crippen molar-refractivity contribution >= 4 is 5.69 Å². The van der Waals surface area contributed by atoms with E-state index in [1.54, 1.807) is 12.1 Å². The molecule has 1 rings (SSSR count). The Labute approximate surface area is 98.1 Å². The third kappa shape index (κ3) is 5.85. The fourth-order valence-electron chi connectivity index (χ4n) is 1.19. The molecule has 0 bridgehead atoms. The molecule has 0 aliphatic carbocycles. The molecule has 0 fully saturated rings. The van der Waals surface area contributed by atoms with Crippen LogP contribution in [-0.2, 0) is 0 Å². The normalized spacial score (nSPS) is 11.1. The largest absolute Gasteiger partial charge is 0.573 e. The molecule has 1 aromatic rings. The van der Waals surface area contributed by atoms with Gasteiger partial charge in [-0.2, -0.15) is 0 Å². The van der Waals surface area contributed by atoms with Crippen LogP contribution in [0.15, 0.2) is 36.4 Å². The molecular formula is C12H14F3NO. The van der Waals surface area contributed by atoms with E-state index >= 15 is 0 Å². The average molecular weight is 245 g/mol. The van der Waals surface area contributed by atoms with Crippen LogP contribution in [0.3, 0.4) is 0 Å². The van der Waals surface area contributed by atoms with Crippen LogP contribution in [0.2, 0.25) is 0 Å². The molecule has 94 valence electrons. The quantitative estimate of drug-likeness (QED) is 0.793. The number of hydrogen-bond donors (Lipinski definition) is 1. The van der Waals surface area contributed by atoms with Gasteiger partial charge in [-0.15, -0.1) is 19.8 Å². The van der Waals surface area contributed by atoms with E-state index in [0.717, 1.165) is 17.7 Å². The lowest BCUT2D eigenvalue weighted by Crippen LogP contribution is -2.17. The second-order valence-corrected chi connectivity index (χ2v) is 3.71. The van der Waals surface area contributed by atoms with Gasteiger partial charge >= 0.3 is 6.36 Å². The Bertz CT molecular complexity index is 370. The van der Waals surface area contributed by atoms with Crippen LogP contribution in [0.5, 0.6) is 5.75 Å². The minimum absolute atomic E-state index is 0.219. The number of rotatable bonds is 5. The van der Waals surface area contributed by atoms with Crippen molar-refractivity contribution < 1.29 is 17.9 Å². The van der Waals surface area contributed by atoms with E-state index in [2.05, 4.69) is 16.6 Å². The van der Waals surface area contributed by atoms with Gasteiger partial charge in [0, 0.05) is 12.2 Å². The van der Waals surface area contributed by atoms with Crippen LogP contribution in [0.1, 0.15) is 13.3 Å². The summed E-state index contributed by atoms with van der Waals surface area (Å²) in [6, 6.07) is 5.63. The lowest BCUT2D eigenvalue weighted by atomic mass is 10.2. The topological polar surface area (TPSA) is 21.3 Å². The van der Waals surface area contributed by atoms with E-state index < -0.39 is 6.36 Å². The molecule has 1 aromatic carbocycles. The molecule has 0 aliphatic rings. The van der Waals surface area contributed by atoms with Crippen molar-refractivity contribution in [3.8, 4) is 5.75 Å². The van der Waals surface area contributed by atoms with Crippen molar-refractivity contribution in [1.82, 2.24) is 0 Å². The highest BCUT2D eigenvalue weighted by molar-refractivity contribution is 5.46. The number of nitrogens with one attached hydrogen (secondary N) is 1. The fourth-order valence-corrected chi connectivity index (χ4v) is 1.19. The van der Waals surface area contributed by atoms with Crippen molar-refractivity contribution in [2.24, 2.45) is 0 Å². The molecule has 5 heteroatoms. The summed E-state index contributed by atoms with van der Waals surface area (Å²) >= 11 is 0. The van der Waals surface area contributed by atoms with Gasteiger partial charge in [0.25, 0.3) is 0 Å². The first-order valence-corrected chi connectivity index (χ1v) is 5.11. The molecule has 1 N–H and O–H groups in total. The Balaban J connectivity index is 2.47. The first kappa shape index (κ1) is 13.4. The summed E-state index contributed by atoms with van der Waals surface area (Å²) in [4.78, 5) is 0. The van der Waals surface area contributed by atoms with Crippen LogP contribution in [0.25, 0.3) is 0 Å². The van der Waals surface area contributed by atoms with Crippen molar-refractivity contribution in [3.63, 3.8) is 0 Å². The highest BCUT2D eigenvalue weighted by Gasteiger charge is 2.30. The van der Waals surface area contributed by atoms with Crippen molar-refractivity contribution in [3.05, 3.63) is 36.4 Å². The van der Waals surface area contributed by atoms with E-state index in [0.29, 0.717) is 6.54 Å². The van der Waals surface area contributed by atoms with Gasteiger partial charge in [-0.05, 0) is 37.6 Å². The predicted molar refractivity (Wildman–Crippen MR) is 61.0 cm³/mol. The van der Waals surface area contributed by atoms with E-state index in [-0.39, 0.29) is 5.75 Å². The first-order valence-electron chi connectivity index (χ1n) is 5.11. The Kier molecular flexibility index (Phi) is 4.43. The number of halogens is 3. The smallest absolute Gasteiger partial charge is 0.406 e. The number of benzene rings is 1. The Hall–Kier alpha value is -1.65. The van der Waals surface area contributed by atoms with Gasteiger partial charge in [-0.1, -0.05) is 5.57 Å². The molecule has 0 unspecified atom stereocenters. The summed E-state index contributed by atoms with van der Waals surface area (Å²) in [6.45, 7) is 6.38. The van der Waals surface area contributed by atoms with Gasteiger partial charge < -0.3 is 10.1 Å². The molecule has 0 radical (unpaired) electrons. The molecular weight excluding hydrogens is 231 g/mol. The van der Waals surface area contributed by atoms with Crippen LogP contribution < -0.4 is 10.1 Å². The second kappa shape index (κ2) is 5.61. The van der Waals surface area contributed by atoms with Gasteiger partial charge in [-0.25, -0.2) is 0 Å². The lowest BCUT2D eigenvalue weighted by molar-refractivity contribution is -0.274. The van der Waals surface area contributed by atoms with E-state index in [1.165, 1.54) is 12.1 Å². The van der Waals surface area contributed by atoms with Gasteiger partial charge in [0.1, 0.15) is 5.75 Å². The van der Waals surface area contributed by atoms with Crippen LogP contribution in [-0.4, -0.2) is 12.9 Å². The molecule has 0 aromatic heterocycles. The molecule has 0 heterocycles. The lowest BCUT2D eigenvalue weighted by Gasteiger charge is -2.10. The van der Waals surface area contributed by atoms with Crippen LogP contribution in [0.4, 0.5) is 18.9 Å². The third-order valence-corrected chi connectivity index (χ3v) is 1.97. The Morgan fingerprint density at radius 2 is 1.88 bits per heavy atom. The van der Waals surface area contributed by atoms with Crippen LogP contribution >= 0.6 is 0 Å². The zero-order valence-electron chi connectivity index (χ0n) is 9.47. The predicted octanol–water partition coefficient (Wildman–Crippen LogP) is 3.96. The summed E-state index contributed by atoms with van der Waals surface area (Å²) in [5, 5.41) is 3.07. The molecule has 0 spiro atoms. The van der Waals surface area contributed by atoms with E-state index in [4.69, 9.17) is 0 Å². The number of ether oxygens (including phenoxy) is 1. The summed E-state index contributed by atoms with van der Waals surface area (Å²) in [7, 11) is 0. The molecule has 17 heavy (non-hydrogen) atoms. The molecule has 0 saturated carbocycles. The SMILES string of the molecule is C=C(C)CCNc1ccc(OC(F)(F)F)cc1. The molecule has 2 nitrogen and oxygen atoms in total. The maximum absolute atomic E-state index is 11.9. The summed E-state index contributed by atoms with van der Waals surface area (Å²) in [5.41, 5.74) is 1.80. The highest BCUT2D eigenvalue weighted by Crippen LogP contribution is 2.23. The molecule has 0 amide bonds. The first-order chi connectivity index (χ1) is 7.87. The van der Waals surface area contributed by atoms with Crippen LogP contribution in [0, 0.1) is 0 Å². The van der Waals surface area contributed by atoms with Crippen molar-refractivity contribution in [2.45, 2.75) is 19.7 Å². The molecule has 0 aliphatic heterocycles. The maximum Gasteiger partial charge on any atom is 0.573 e. The minimum atomic E-state index is -4.64. The Morgan fingerprint density at radius 1 is 1.29 bits per heavy atom. The third-order valence-electron chi connectivity index (χ3n) is 1.97. The maximum atomic E-state index is 11.9. The zero-order chi connectivity index (χ0) is 12.9. The summed E-state index contributed by atoms with van der Waals surface area (Å²) < 4.78 is 39.4. The molecule has 0 saturated heterocycles. The van der Waals surface area contributed by atoms with E-state index in [1.807, 2.05) is 6.92 Å². The second-order valence-electron chi connectivity index (χ2n) is 3.71. The van der Waals surface area contributed by atoms with E-state index in [9.17, 15) is 13.2 Å². The fraction of sp³-hybridized carbons (Fsp3) is 0.333. The standard InChI is InChI=1S/C12H14F3NO/c1-9(2)7-8-16-10-3-5-11(6-4-10)17-12(13,14)15/h3-6,16H,1,7-8H2,2H3. The minimum Gasteiger partial charge on any atom is -0.406 e. The monoisotopic (exact) mass is 245 g/mol.